The van der Waals surface area contributed by atoms with E-state index in [1.54, 1.807) is 0 Å². The minimum atomic E-state index is -3.23. The van der Waals surface area contributed by atoms with Gasteiger partial charge in [0.2, 0.25) is 0 Å². The molecule has 1 aromatic heterocycles. The molecule has 7 nitrogen and oxygen atoms in total. The maximum Gasteiger partial charge on any atom is 0.191 e. The van der Waals surface area contributed by atoms with Crippen LogP contribution in [-0.4, -0.2) is 63.2 Å². The summed E-state index contributed by atoms with van der Waals surface area (Å²) >= 11 is 0. The first-order chi connectivity index (χ1) is 13.9. The SMILES string of the molecule is CCNC(=NCC1(S(C)(=O)=O)CCOCC1)NCCc1c[nH]c2c(C)cccc12.I. The Morgan fingerprint density at radius 1 is 1.27 bits per heavy atom. The molecule has 0 amide bonds. The Bertz CT molecular complexity index is 966. The molecule has 1 saturated heterocycles. The Hall–Kier alpha value is -1.33. The third-order valence-corrected chi connectivity index (χ3v) is 7.87. The second-order valence-electron chi connectivity index (χ2n) is 7.75. The van der Waals surface area contributed by atoms with E-state index in [1.165, 1.54) is 28.3 Å². The number of halogens is 1. The molecular formula is C21H33IN4O3S. The molecule has 0 saturated carbocycles. The molecule has 1 aliphatic rings. The van der Waals surface area contributed by atoms with Crippen LogP contribution in [0.5, 0.6) is 0 Å². The topological polar surface area (TPSA) is 95.6 Å². The summed E-state index contributed by atoms with van der Waals surface area (Å²) in [5.74, 6) is 0.651. The highest BCUT2D eigenvalue weighted by molar-refractivity contribution is 14.0. The number of hydrogen-bond acceptors (Lipinski definition) is 4. The van der Waals surface area contributed by atoms with Gasteiger partial charge >= 0.3 is 0 Å². The van der Waals surface area contributed by atoms with Crippen molar-refractivity contribution in [3.8, 4) is 0 Å². The lowest BCUT2D eigenvalue weighted by Gasteiger charge is -2.34. The summed E-state index contributed by atoms with van der Waals surface area (Å²) in [5.41, 5.74) is 3.67. The zero-order valence-electron chi connectivity index (χ0n) is 18.0. The number of hydrogen-bond donors (Lipinski definition) is 3. The molecule has 168 valence electrons. The van der Waals surface area contributed by atoms with Crippen LogP contribution < -0.4 is 10.6 Å². The minimum absolute atomic E-state index is 0. The van der Waals surface area contributed by atoms with Gasteiger partial charge in [-0.15, -0.1) is 24.0 Å². The van der Waals surface area contributed by atoms with Gasteiger partial charge in [0.1, 0.15) is 0 Å². The number of H-pyrrole nitrogens is 1. The molecular weight excluding hydrogens is 515 g/mol. The van der Waals surface area contributed by atoms with Crippen LogP contribution in [-0.2, 0) is 21.0 Å². The Morgan fingerprint density at radius 2 is 2.00 bits per heavy atom. The summed E-state index contributed by atoms with van der Waals surface area (Å²) in [5, 5.41) is 7.81. The fourth-order valence-electron chi connectivity index (χ4n) is 3.84. The summed E-state index contributed by atoms with van der Waals surface area (Å²) in [7, 11) is -3.23. The lowest BCUT2D eigenvalue weighted by molar-refractivity contribution is 0.0768. The second-order valence-corrected chi connectivity index (χ2v) is 10.2. The number of aromatic amines is 1. The van der Waals surface area contributed by atoms with Gasteiger partial charge in [0.15, 0.2) is 15.8 Å². The summed E-state index contributed by atoms with van der Waals surface area (Å²) in [4.78, 5) is 7.98. The molecule has 0 unspecified atom stereocenters. The summed E-state index contributed by atoms with van der Waals surface area (Å²) in [6.07, 6.45) is 5.20. The minimum Gasteiger partial charge on any atom is -0.381 e. The Morgan fingerprint density at radius 3 is 2.67 bits per heavy atom. The number of fused-ring (bicyclic) bond motifs is 1. The van der Waals surface area contributed by atoms with Crippen LogP contribution in [0.25, 0.3) is 10.9 Å². The number of sulfone groups is 1. The molecule has 9 heteroatoms. The molecule has 3 N–H and O–H groups in total. The Kier molecular flexibility index (Phi) is 8.98. The van der Waals surface area contributed by atoms with Crippen molar-refractivity contribution in [2.24, 2.45) is 4.99 Å². The largest absolute Gasteiger partial charge is 0.381 e. The van der Waals surface area contributed by atoms with E-state index in [4.69, 9.17) is 4.74 Å². The van der Waals surface area contributed by atoms with E-state index in [0.29, 0.717) is 45.1 Å². The summed E-state index contributed by atoms with van der Waals surface area (Å²) in [6, 6.07) is 6.31. The molecule has 1 fully saturated rings. The first kappa shape index (κ1) is 24.9. The normalized spacial score (nSPS) is 16.8. The van der Waals surface area contributed by atoms with Crippen molar-refractivity contribution in [3.05, 3.63) is 35.5 Å². The van der Waals surface area contributed by atoms with Crippen LogP contribution in [0.15, 0.2) is 29.4 Å². The van der Waals surface area contributed by atoms with Gasteiger partial charge in [-0.05, 0) is 44.2 Å². The van der Waals surface area contributed by atoms with Crippen LogP contribution in [0.4, 0.5) is 0 Å². The Balaban J connectivity index is 0.00000320. The van der Waals surface area contributed by atoms with Crippen LogP contribution in [0.3, 0.4) is 0 Å². The van der Waals surface area contributed by atoms with Gasteiger partial charge in [0.05, 0.1) is 11.3 Å². The molecule has 0 atom stereocenters. The van der Waals surface area contributed by atoms with Crippen molar-refractivity contribution < 1.29 is 13.2 Å². The van der Waals surface area contributed by atoms with Crippen LogP contribution >= 0.6 is 24.0 Å². The fourth-order valence-corrected chi connectivity index (χ4v) is 5.05. The smallest absolute Gasteiger partial charge is 0.191 e. The number of ether oxygens (including phenoxy) is 1. The molecule has 1 aromatic carbocycles. The quantitative estimate of drug-likeness (QED) is 0.281. The van der Waals surface area contributed by atoms with E-state index in [0.717, 1.165) is 6.42 Å². The van der Waals surface area contributed by atoms with Gasteiger partial charge in [0, 0.05) is 49.7 Å². The highest BCUT2D eigenvalue weighted by atomic mass is 127. The first-order valence-electron chi connectivity index (χ1n) is 10.2. The van der Waals surface area contributed by atoms with Crippen molar-refractivity contribution in [3.63, 3.8) is 0 Å². The van der Waals surface area contributed by atoms with Crippen molar-refractivity contribution in [2.45, 2.75) is 37.9 Å². The van der Waals surface area contributed by atoms with Crippen molar-refractivity contribution in [2.75, 3.05) is 39.1 Å². The Labute approximate surface area is 196 Å². The number of rotatable bonds is 7. The van der Waals surface area contributed by atoms with E-state index >= 15 is 0 Å². The summed E-state index contributed by atoms with van der Waals surface area (Å²) in [6.45, 7) is 6.70. The van der Waals surface area contributed by atoms with Gasteiger partial charge in [-0.25, -0.2) is 8.42 Å². The lowest BCUT2D eigenvalue weighted by atomic mass is 9.99. The average molecular weight is 548 g/mol. The third-order valence-electron chi connectivity index (χ3n) is 5.76. The molecule has 2 aromatic rings. The number of aromatic nitrogens is 1. The number of guanidine groups is 1. The van der Waals surface area contributed by atoms with Crippen molar-refractivity contribution >= 4 is 50.7 Å². The molecule has 3 rings (SSSR count). The maximum absolute atomic E-state index is 12.4. The average Bonchev–Trinajstić information content (AvgIpc) is 3.10. The highest BCUT2D eigenvalue weighted by Crippen LogP contribution is 2.29. The van der Waals surface area contributed by atoms with E-state index in [1.807, 2.05) is 6.92 Å². The van der Waals surface area contributed by atoms with Gasteiger partial charge in [-0.2, -0.15) is 0 Å². The van der Waals surface area contributed by atoms with E-state index in [9.17, 15) is 8.42 Å². The number of nitrogens with one attached hydrogen (secondary N) is 3. The molecule has 2 heterocycles. The van der Waals surface area contributed by atoms with Crippen LogP contribution in [0.1, 0.15) is 30.9 Å². The number of nitrogens with zero attached hydrogens (tertiary/aromatic N) is 1. The van der Waals surface area contributed by atoms with Crippen LogP contribution in [0, 0.1) is 6.92 Å². The van der Waals surface area contributed by atoms with E-state index in [-0.39, 0.29) is 30.5 Å². The second kappa shape index (κ2) is 10.8. The predicted octanol–water partition coefficient (Wildman–Crippen LogP) is 2.79. The van der Waals surface area contributed by atoms with Crippen molar-refractivity contribution in [1.82, 2.24) is 15.6 Å². The van der Waals surface area contributed by atoms with Gasteiger partial charge < -0.3 is 20.4 Å². The fraction of sp³-hybridized carbons (Fsp3) is 0.571. The monoisotopic (exact) mass is 548 g/mol. The van der Waals surface area contributed by atoms with E-state index in [2.05, 4.69) is 51.9 Å². The molecule has 30 heavy (non-hydrogen) atoms. The standard InChI is InChI=1S/C21H32N4O3S.HI/c1-4-22-20(25-15-21(29(3,26)27)9-12-28-13-10-21)23-11-8-17-14-24-19-16(2)6-5-7-18(17)19;/h5-7,14,24H,4,8-13,15H2,1-3H3,(H2,22,23,25);1H. The lowest BCUT2D eigenvalue weighted by Crippen LogP contribution is -2.47. The number of aliphatic imine (C=N–C) groups is 1. The molecule has 0 radical (unpaired) electrons. The number of aryl methyl sites for hydroxylation is 1. The van der Waals surface area contributed by atoms with Crippen molar-refractivity contribution in [1.29, 1.82) is 0 Å². The number of benzene rings is 1. The first-order valence-corrected chi connectivity index (χ1v) is 12.1. The summed E-state index contributed by atoms with van der Waals surface area (Å²) < 4.78 is 29.4. The van der Waals surface area contributed by atoms with Gasteiger partial charge in [-0.3, -0.25) is 4.99 Å². The number of para-hydroxylation sites is 1. The zero-order valence-corrected chi connectivity index (χ0v) is 21.1. The maximum atomic E-state index is 12.4. The van der Waals surface area contributed by atoms with E-state index < -0.39 is 14.6 Å². The highest BCUT2D eigenvalue weighted by Gasteiger charge is 2.42. The molecule has 1 aliphatic heterocycles. The van der Waals surface area contributed by atoms with Crippen LogP contribution in [0.2, 0.25) is 0 Å². The molecule has 0 spiro atoms. The van der Waals surface area contributed by atoms with Gasteiger partial charge in [-0.1, -0.05) is 18.2 Å². The zero-order chi connectivity index (χ0) is 20.9. The molecule has 0 bridgehead atoms. The predicted molar refractivity (Wildman–Crippen MR) is 134 cm³/mol. The third kappa shape index (κ3) is 5.67. The van der Waals surface area contributed by atoms with Gasteiger partial charge in [0.25, 0.3) is 0 Å². The molecule has 0 aliphatic carbocycles.